The van der Waals surface area contributed by atoms with Gasteiger partial charge in [-0.25, -0.2) is 0 Å². The quantitative estimate of drug-likeness (QED) is 0.784. The Labute approximate surface area is 96.6 Å². The maximum Gasteiger partial charge on any atom is 0.441 e. The maximum absolute atomic E-state index is 11.9. The number of nitrogens with one attached hydrogen (secondary N) is 1. The zero-order chi connectivity index (χ0) is 12.0. The molecule has 16 heavy (non-hydrogen) atoms. The van der Waals surface area contributed by atoms with Crippen LogP contribution in [0.2, 0.25) is 0 Å². The predicted octanol–water partition coefficient (Wildman–Crippen LogP) is 3.57. The van der Waals surface area contributed by atoms with Crippen LogP contribution in [0.15, 0.2) is 22.8 Å². The molecule has 0 fully saturated rings. The van der Waals surface area contributed by atoms with Crippen molar-refractivity contribution in [3.63, 3.8) is 0 Å². The molecule has 92 valence electrons. The molecule has 1 heterocycles. The molecule has 0 bridgehead atoms. The molecule has 0 aliphatic heterocycles. The van der Waals surface area contributed by atoms with Gasteiger partial charge in [-0.2, -0.15) is 13.2 Å². The molecule has 1 rings (SSSR count). The SMILES string of the molecule is CCC(NCCSC(F)(F)F)c1ccco1. The molecule has 0 spiro atoms. The topological polar surface area (TPSA) is 25.2 Å². The first-order chi connectivity index (χ1) is 7.53. The van der Waals surface area contributed by atoms with Crippen molar-refractivity contribution in [2.75, 3.05) is 12.3 Å². The van der Waals surface area contributed by atoms with Crippen molar-refractivity contribution in [3.8, 4) is 0 Å². The highest BCUT2D eigenvalue weighted by Crippen LogP contribution is 2.29. The largest absolute Gasteiger partial charge is 0.468 e. The lowest BCUT2D eigenvalue weighted by atomic mass is 10.2. The molecule has 0 aliphatic carbocycles. The van der Waals surface area contributed by atoms with Crippen LogP contribution in [0, 0.1) is 0 Å². The first kappa shape index (κ1) is 13.4. The molecule has 6 heteroatoms. The first-order valence-electron chi connectivity index (χ1n) is 5.00. The first-order valence-corrected chi connectivity index (χ1v) is 5.99. The second kappa shape index (κ2) is 6.20. The minimum absolute atomic E-state index is 0.00982. The van der Waals surface area contributed by atoms with E-state index in [1.54, 1.807) is 12.3 Å². The van der Waals surface area contributed by atoms with Gasteiger partial charge < -0.3 is 9.73 Å². The van der Waals surface area contributed by atoms with Gasteiger partial charge in [0.1, 0.15) is 5.76 Å². The maximum atomic E-state index is 11.9. The Morgan fingerprint density at radius 3 is 2.75 bits per heavy atom. The van der Waals surface area contributed by atoms with Gasteiger partial charge in [-0.05, 0) is 30.3 Å². The summed E-state index contributed by atoms with van der Waals surface area (Å²) in [5.41, 5.74) is -4.14. The Morgan fingerprint density at radius 1 is 1.50 bits per heavy atom. The average Bonchev–Trinajstić information content (AvgIpc) is 2.69. The number of furan rings is 1. The van der Waals surface area contributed by atoms with E-state index in [9.17, 15) is 13.2 Å². The second-order valence-electron chi connectivity index (χ2n) is 3.22. The molecule has 0 saturated carbocycles. The van der Waals surface area contributed by atoms with Gasteiger partial charge in [0.25, 0.3) is 0 Å². The van der Waals surface area contributed by atoms with Crippen LogP contribution in [0.25, 0.3) is 0 Å². The molecule has 0 radical (unpaired) electrons. The van der Waals surface area contributed by atoms with Crippen molar-refractivity contribution in [3.05, 3.63) is 24.2 Å². The Balaban J connectivity index is 2.25. The van der Waals surface area contributed by atoms with E-state index in [0.717, 1.165) is 12.2 Å². The summed E-state index contributed by atoms with van der Waals surface area (Å²) < 4.78 is 40.7. The molecule has 0 saturated heterocycles. The molecule has 0 aromatic carbocycles. The normalized spacial score (nSPS) is 14.0. The van der Waals surface area contributed by atoms with Crippen LogP contribution in [0.3, 0.4) is 0 Å². The fourth-order valence-corrected chi connectivity index (χ4v) is 1.79. The van der Waals surface area contributed by atoms with Gasteiger partial charge >= 0.3 is 5.51 Å². The van der Waals surface area contributed by atoms with Crippen molar-refractivity contribution in [2.24, 2.45) is 0 Å². The molecular formula is C10H14F3NOS. The number of rotatable bonds is 6. The van der Waals surface area contributed by atoms with Gasteiger partial charge in [-0.15, -0.1) is 0 Å². The van der Waals surface area contributed by atoms with Crippen molar-refractivity contribution in [1.29, 1.82) is 0 Å². The fourth-order valence-electron chi connectivity index (χ4n) is 1.34. The summed E-state index contributed by atoms with van der Waals surface area (Å²) in [6.07, 6.45) is 2.34. The Bertz CT molecular complexity index is 287. The van der Waals surface area contributed by atoms with Crippen molar-refractivity contribution >= 4 is 11.8 Å². The summed E-state index contributed by atoms with van der Waals surface area (Å²) in [6.45, 7) is 2.26. The Morgan fingerprint density at radius 2 is 2.25 bits per heavy atom. The number of alkyl halides is 3. The molecule has 0 amide bonds. The molecule has 1 aromatic heterocycles. The highest BCUT2D eigenvalue weighted by molar-refractivity contribution is 8.00. The predicted molar refractivity (Wildman–Crippen MR) is 58.3 cm³/mol. The summed E-state index contributed by atoms with van der Waals surface area (Å²) in [5, 5.41) is 3.03. The number of halogens is 3. The van der Waals surface area contributed by atoms with Crippen LogP contribution in [-0.2, 0) is 0 Å². The van der Waals surface area contributed by atoms with Crippen molar-refractivity contribution in [2.45, 2.75) is 24.9 Å². The average molecular weight is 253 g/mol. The monoisotopic (exact) mass is 253 g/mol. The number of hydrogen-bond acceptors (Lipinski definition) is 3. The smallest absolute Gasteiger partial charge is 0.441 e. The van der Waals surface area contributed by atoms with Crippen LogP contribution in [0.1, 0.15) is 25.1 Å². The number of thioether (sulfide) groups is 1. The van der Waals surface area contributed by atoms with E-state index in [2.05, 4.69) is 5.32 Å². The Hall–Kier alpha value is -0.620. The van der Waals surface area contributed by atoms with Gasteiger partial charge in [-0.1, -0.05) is 6.92 Å². The zero-order valence-electron chi connectivity index (χ0n) is 8.88. The summed E-state index contributed by atoms with van der Waals surface area (Å²) in [7, 11) is 0. The second-order valence-corrected chi connectivity index (χ2v) is 4.38. The third-order valence-electron chi connectivity index (χ3n) is 2.05. The lowest BCUT2D eigenvalue weighted by Crippen LogP contribution is -2.23. The van der Waals surface area contributed by atoms with E-state index in [1.165, 1.54) is 0 Å². The van der Waals surface area contributed by atoms with E-state index in [0.29, 0.717) is 6.54 Å². The molecular weight excluding hydrogens is 239 g/mol. The molecule has 1 unspecified atom stereocenters. The van der Waals surface area contributed by atoms with Gasteiger partial charge in [0.05, 0.1) is 12.3 Å². The molecule has 1 atom stereocenters. The lowest BCUT2D eigenvalue weighted by Gasteiger charge is -2.14. The third-order valence-corrected chi connectivity index (χ3v) is 2.79. The van der Waals surface area contributed by atoms with Crippen molar-refractivity contribution < 1.29 is 17.6 Å². The third kappa shape index (κ3) is 4.94. The summed E-state index contributed by atoms with van der Waals surface area (Å²) in [6, 6.07) is 3.58. The molecule has 1 N–H and O–H groups in total. The van der Waals surface area contributed by atoms with E-state index in [1.807, 2.05) is 13.0 Å². The van der Waals surface area contributed by atoms with Crippen LogP contribution < -0.4 is 5.32 Å². The fraction of sp³-hybridized carbons (Fsp3) is 0.600. The lowest BCUT2D eigenvalue weighted by molar-refractivity contribution is -0.0327. The van der Waals surface area contributed by atoms with E-state index >= 15 is 0 Å². The van der Waals surface area contributed by atoms with Gasteiger partial charge in [0, 0.05) is 12.3 Å². The van der Waals surface area contributed by atoms with Crippen LogP contribution in [-0.4, -0.2) is 17.8 Å². The standard InChI is InChI=1S/C10H14F3NOS/c1-2-8(9-4-3-6-15-9)14-5-7-16-10(11,12)13/h3-4,6,8,14H,2,5,7H2,1H3. The zero-order valence-corrected chi connectivity index (χ0v) is 9.70. The van der Waals surface area contributed by atoms with Crippen LogP contribution in [0.4, 0.5) is 13.2 Å². The molecule has 1 aromatic rings. The van der Waals surface area contributed by atoms with Gasteiger partial charge in [-0.3, -0.25) is 0 Å². The number of hydrogen-bond donors (Lipinski definition) is 1. The van der Waals surface area contributed by atoms with E-state index in [4.69, 9.17) is 4.42 Å². The summed E-state index contributed by atoms with van der Waals surface area (Å²) in [5.74, 6) is 0.778. The van der Waals surface area contributed by atoms with E-state index < -0.39 is 5.51 Å². The minimum Gasteiger partial charge on any atom is -0.468 e. The van der Waals surface area contributed by atoms with Crippen molar-refractivity contribution in [1.82, 2.24) is 5.32 Å². The summed E-state index contributed by atoms with van der Waals surface area (Å²) >= 11 is -0.00982. The van der Waals surface area contributed by atoms with Gasteiger partial charge in [0.15, 0.2) is 0 Å². The molecule has 2 nitrogen and oxygen atoms in total. The highest BCUT2D eigenvalue weighted by Gasteiger charge is 2.27. The Kier molecular flexibility index (Phi) is 5.21. The van der Waals surface area contributed by atoms with Crippen LogP contribution >= 0.6 is 11.8 Å². The molecule has 0 aliphatic rings. The van der Waals surface area contributed by atoms with Crippen LogP contribution in [0.5, 0.6) is 0 Å². The summed E-state index contributed by atoms with van der Waals surface area (Å²) in [4.78, 5) is 0. The minimum atomic E-state index is -4.14. The van der Waals surface area contributed by atoms with E-state index in [-0.39, 0.29) is 23.6 Å². The highest BCUT2D eigenvalue weighted by atomic mass is 32.2. The van der Waals surface area contributed by atoms with Gasteiger partial charge in [0.2, 0.25) is 0 Å².